The lowest BCUT2D eigenvalue weighted by Crippen LogP contribution is -2.19. The molecule has 1 aromatic rings. The van der Waals surface area contributed by atoms with E-state index in [1.807, 2.05) is 0 Å². The largest absolute Gasteiger partial charge is 0.353 e. The second-order valence-corrected chi connectivity index (χ2v) is 3.76. The van der Waals surface area contributed by atoms with Gasteiger partial charge in [0.1, 0.15) is 0 Å². The topological polar surface area (TPSA) is 72.2 Å². The number of carbonyl (C=O) groups is 1. The number of nitrogens with one attached hydrogen (secondary N) is 1. The number of hydrogen-bond donors (Lipinski definition) is 1. The van der Waals surface area contributed by atoms with Crippen LogP contribution in [-0.4, -0.2) is 17.4 Å². The molecule has 0 bridgehead atoms. The molecule has 0 saturated carbocycles. The molecule has 1 amide bonds. The van der Waals surface area contributed by atoms with Crippen molar-refractivity contribution in [3.05, 3.63) is 45.3 Å². The van der Waals surface area contributed by atoms with Gasteiger partial charge in [0.2, 0.25) is 11.7 Å². The summed E-state index contributed by atoms with van der Waals surface area (Å²) in [4.78, 5) is 20.4. The summed E-state index contributed by atoms with van der Waals surface area (Å²) in [7, 11) is 0. The Kier molecular flexibility index (Phi) is 4.53. The number of carbonyl (C=O) groups excluding carboxylic acids is 1. The summed E-state index contributed by atoms with van der Waals surface area (Å²) in [5.74, 6) is -1.03. The van der Waals surface area contributed by atoms with Gasteiger partial charge in [0, 0.05) is 19.5 Å². The van der Waals surface area contributed by atoms with Crippen molar-refractivity contribution >= 4 is 17.7 Å². The van der Waals surface area contributed by atoms with Crippen LogP contribution in [-0.2, 0) is 4.79 Å². The normalized spacial score (nSPS) is 10.6. The van der Waals surface area contributed by atoms with Gasteiger partial charge in [-0.1, -0.05) is 12.2 Å². The number of nitro groups is 1. The molecule has 96 valence electrons. The number of halogens is 1. The van der Waals surface area contributed by atoms with Crippen molar-refractivity contribution in [2.24, 2.45) is 0 Å². The van der Waals surface area contributed by atoms with E-state index < -0.39 is 16.4 Å². The maximum atomic E-state index is 13.4. The Morgan fingerprint density at radius 1 is 1.56 bits per heavy atom. The van der Waals surface area contributed by atoms with Crippen molar-refractivity contribution in [1.29, 1.82) is 0 Å². The van der Waals surface area contributed by atoms with E-state index in [4.69, 9.17) is 0 Å². The van der Waals surface area contributed by atoms with Crippen molar-refractivity contribution in [2.45, 2.75) is 13.8 Å². The highest BCUT2D eigenvalue weighted by atomic mass is 19.1. The van der Waals surface area contributed by atoms with Crippen LogP contribution in [0.2, 0.25) is 0 Å². The molecule has 1 rings (SSSR count). The summed E-state index contributed by atoms with van der Waals surface area (Å²) < 4.78 is 13.4. The van der Waals surface area contributed by atoms with E-state index >= 15 is 0 Å². The van der Waals surface area contributed by atoms with Crippen LogP contribution >= 0.6 is 0 Å². The van der Waals surface area contributed by atoms with Gasteiger partial charge in [-0.25, -0.2) is 0 Å². The van der Waals surface area contributed by atoms with Crippen LogP contribution in [0.4, 0.5) is 10.1 Å². The molecule has 0 aliphatic carbocycles. The molecule has 1 N–H and O–H groups in total. The zero-order valence-corrected chi connectivity index (χ0v) is 10.1. The monoisotopic (exact) mass is 252 g/mol. The van der Waals surface area contributed by atoms with Gasteiger partial charge >= 0.3 is 5.69 Å². The average Bonchev–Trinajstić information content (AvgIpc) is 2.27. The molecule has 0 spiro atoms. The number of aryl methyl sites for hydroxylation is 1. The van der Waals surface area contributed by atoms with Gasteiger partial charge in [-0.15, -0.1) is 0 Å². The predicted molar refractivity (Wildman–Crippen MR) is 65.5 cm³/mol. The minimum Gasteiger partial charge on any atom is -0.353 e. The number of benzene rings is 1. The van der Waals surface area contributed by atoms with Gasteiger partial charge in [-0.05, 0) is 24.1 Å². The molecule has 0 unspecified atom stereocenters. The highest BCUT2D eigenvalue weighted by Crippen LogP contribution is 2.22. The van der Waals surface area contributed by atoms with Crippen molar-refractivity contribution in [3.8, 4) is 0 Å². The standard InChI is InChI=1S/C12H13FN2O3/c1-8-6-12(15(17)18)11(13)7-10(8)4-3-5-14-9(2)16/h3-4,6-7H,5H2,1-2H3,(H,14,16). The van der Waals surface area contributed by atoms with Crippen molar-refractivity contribution in [2.75, 3.05) is 6.54 Å². The first kappa shape index (κ1) is 13.8. The molecule has 0 fully saturated rings. The first-order valence-electron chi connectivity index (χ1n) is 5.27. The molecule has 0 heterocycles. The van der Waals surface area contributed by atoms with Crippen LogP contribution in [0.15, 0.2) is 18.2 Å². The van der Waals surface area contributed by atoms with Crippen LogP contribution in [0.1, 0.15) is 18.1 Å². The fourth-order valence-corrected chi connectivity index (χ4v) is 1.39. The Morgan fingerprint density at radius 3 is 2.78 bits per heavy atom. The van der Waals surface area contributed by atoms with E-state index in [9.17, 15) is 19.3 Å². The van der Waals surface area contributed by atoms with E-state index in [2.05, 4.69) is 5.32 Å². The van der Waals surface area contributed by atoms with Crippen molar-refractivity contribution in [1.82, 2.24) is 5.32 Å². The Morgan fingerprint density at radius 2 is 2.22 bits per heavy atom. The molecule has 0 atom stereocenters. The second kappa shape index (κ2) is 5.90. The van der Waals surface area contributed by atoms with Gasteiger partial charge in [-0.3, -0.25) is 14.9 Å². The molecule has 0 aliphatic rings. The minimum atomic E-state index is -0.871. The third kappa shape index (κ3) is 3.65. The number of hydrogen-bond acceptors (Lipinski definition) is 3. The molecule has 18 heavy (non-hydrogen) atoms. The van der Waals surface area contributed by atoms with Gasteiger partial charge in [0.05, 0.1) is 4.92 Å². The maximum Gasteiger partial charge on any atom is 0.305 e. The molecule has 1 aromatic carbocycles. The van der Waals surface area contributed by atoms with E-state index in [-0.39, 0.29) is 5.91 Å². The summed E-state index contributed by atoms with van der Waals surface area (Å²) in [6.07, 6.45) is 3.26. The smallest absolute Gasteiger partial charge is 0.305 e. The molecular formula is C12H13FN2O3. The third-order valence-electron chi connectivity index (χ3n) is 2.30. The fourth-order valence-electron chi connectivity index (χ4n) is 1.39. The van der Waals surface area contributed by atoms with Crippen LogP contribution in [0.5, 0.6) is 0 Å². The van der Waals surface area contributed by atoms with E-state index in [0.29, 0.717) is 17.7 Å². The second-order valence-electron chi connectivity index (χ2n) is 3.76. The summed E-state index contributed by atoms with van der Waals surface area (Å²) in [5, 5.41) is 13.1. The van der Waals surface area contributed by atoms with Gasteiger partial charge in [0.25, 0.3) is 0 Å². The summed E-state index contributed by atoms with van der Waals surface area (Å²) in [6, 6.07) is 2.30. The Balaban J connectivity index is 2.88. The number of amides is 1. The lowest BCUT2D eigenvalue weighted by Gasteiger charge is -2.02. The maximum absolute atomic E-state index is 13.4. The number of rotatable bonds is 4. The zero-order chi connectivity index (χ0) is 13.7. The molecule has 0 aliphatic heterocycles. The first-order valence-corrected chi connectivity index (χ1v) is 5.27. The fraction of sp³-hybridized carbons (Fsp3) is 0.250. The van der Waals surface area contributed by atoms with Gasteiger partial charge in [-0.2, -0.15) is 4.39 Å². The van der Waals surface area contributed by atoms with Crippen LogP contribution < -0.4 is 5.32 Å². The highest BCUT2D eigenvalue weighted by molar-refractivity contribution is 5.73. The third-order valence-corrected chi connectivity index (χ3v) is 2.30. The van der Waals surface area contributed by atoms with E-state index in [1.165, 1.54) is 13.0 Å². The van der Waals surface area contributed by atoms with E-state index in [0.717, 1.165) is 6.07 Å². The van der Waals surface area contributed by atoms with Crippen LogP contribution in [0, 0.1) is 22.9 Å². The Hall–Kier alpha value is -2.24. The minimum absolute atomic E-state index is 0.161. The summed E-state index contributed by atoms with van der Waals surface area (Å²) in [5.41, 5.74) is 0.608. The molecule has 0 aromatic heterocycles. The summed E-state index contributed by atoms with van der Waals surface area (Å²) >= 11 is 0. The van der Waals surface area contributed by atoms with E-state index in [1.54, 1.807) is 19.1 Å². The highest BCUT2D eigenvalue weighted by Gasteiger charge is 2.15. The Labute approximate surface area is 103 Å². The zero-order valence-electron chi connectivity index (χ0n) is 10.1. The lowest BCUT2D eigenvalue weighted by atomic mass is 10.1. The molecule has 6 heteroatoms. The van der Waals surface area contributed by atoms with Crippen molar-refractivity contribution in [3.63, 3.8) is 0 Å². The van der Waals surface area contributed by atoms with Gasteiger partial charge < -0.3 is 5.32 Å². The number of nitrogens with zero attached hydrogens (tertiary/aromatic N) is 1. The van der Waals surface area contributed by atoms with Crippen LogP contribution in [0.25, 0.3) is 6.08 Å². The predicted octanol–water partition coefficient (Wildman–Crippen LogP) is 2.19. The van der Waals surface area contributed by atoms with Crippen molar-refractivity contribution < 1.29 is 14.1 Å². The lowest BCUT2D eigenvalue weighted by molar-refractivity contribution is -0.387. The van der Waals surface area contributed by atoms with Crippen LogP contribution in [0.3, 0.4) is 0 Å². The molecular weight excluding hydrogens is 239 g/mol. The molecule has 0 radical (unpaired) electrons. The first-order chi connectivity index (χ1) is 8.41. The van der Waals surface area contributed by atoms with Gasteiger partial charge in [0.15, 0.2) is 0 Å². The Bertz CT molecular complexity index is 512. The average molecular weight is 252 g/mol. The SMILES string of the molecule is CC(=O)NCC=Cc1cc(F)c([N+](=O)[O-])cc1C. The quantitative estimate of drug-likeness (QED) is 0.659. The number of nitro benzene ring substituents is 1. The molecule has 5 nitrogen and oxygen atoms in total. The molecule has 0 saturated heterocycles. The summed E-state index contributed by atoms with van der Waals surface area (Å²) in [6.45, 7) is 3.38.